The third kappa shape index (κ3) is 5.70. The van der Waals surface area contributed by atoms with Crippen LogP contribution < -0.4 is 5.32 Å². The van der Waals surface area contributed by atoms with Crippen molar-refractivity contribution in [1.82, 2.24) is 15.1 Å². The van der Waals surface area contributed by atoms with Crippen LogP contribution in [0.1, 0.15) is 25.7 Å². The zero-order chi connectivity index (χ0) is 19.3. The first-order valence-electron chi connectivity index (χ1n) is 10.1. The van der Waals surface area contributed by atoms with E-state index in [1.807, 2.05) is 0 Å². The lowest BCUT2D eigenvalue weighted by molar-refractivity contribution is 0.00222. The number of rotatable bonds is 2. The lowest BCUT2D eigenvalue weighted by atomic mass is 9.78. The van der Waals surface area contributed by atoms with Crippen molar-refractivity contribution in [2.24, 2.45) is 5.41 Å². The minimum atomic E-state index is -0.411. The molecule has 1 aromatic rings. The molecule has 6 heteroatoms. The summed E-state index contributed by atoms with van der Waals surface area (Å²) in [6.45, 7) is 6.99. The molecule has 1 spiro atoms. The smallest absolute Gasteiger partial charge is 0.123 e. The topological polar surface area (TPSA) is 27.7 Å². The van der Waals surface area contributed by atoms with Crippen LogP contribution in [0.3, 0.4) is 0 Å². The van der Waals surface area contributed by atoms with Crippen LogP contribution in [0.25, 0.3) is 0 Å². The molecule has 0 radical (unpaired) electrons. The molecule has 27 heavy (non-hydrogen) atoms. The summed E-state index contributed by atoms with van der Waals surface area (Å²) in [7, 11) is 4.31. The SMILES string of the molecule is CNC1COCC(N2CCC3(CCN(C)CC3)C2)C1.Fc1ccc(F)cc1. The van der Waals surface area contributed by atoms with Gasteiger partial charge in [-0.25, -0.2) is 8.78 Å². The number of halogens is 2. The molecule has 3 heterocycles. The molecule has 1 N–H and O–H groups in total. The zero-order valence-corrected chi connectivity index (χ0v) is 16.6. The van der Waals surface area contributed by atoms with Crippen LogP contribution in [0.4, 0.5) is 8.78 Å². The predicted molar refractivity (Wildman–Crippen MR) is 104 cm³/mol. The first-order chi connectivity index (χ1) is 13.0. The van der Waals surface area contributed by atoms with Crippen LogP contribution in [0.15, 0.2) is 24.3 Å². The number of benzene rings is 1. The first-order valence-corrected chi connectivity index (χ1v) is 10.1. The van der Waals surface area contributed by atoms with Gasteiger partial charge in [-0.3, -0.25) is 4.90 Å². The summed E-state index contributed by atoms with van der Waals surface area (Å²) in [6, 6.07) is 5.51. The van der Waals surface area contributed by atoms with Crippen molar-refractivity contribution < 1.29 is 13.5 Å². The molecule has 3 aliphatic heterocycles. The van der Waals surface area contributed by atoms with E-state index >= 15 is 0 Å². The van der Waals surface area contributed by atoms with Crippen LogP contribution in [0.5, 0.6) is 0 Å². The summed E-state index contributed by atoms with van der Waals surface area (Å²) in [5.41, 5.74) is 0.624. The summed E-state index contributed by atoms with van der Waals surface area (Å²) in [6.07, 6.45) is 5.44. The van der Waals surface area contributed by atoms with Gasteiger partial charge in [-0.2, -0.15) is 0 Å². The van der Waals surface area contributed by atoms with Gasteiger partial charge in [0.25, 0.3) is 0 Å². The maximum atomic E-state index is 11.9. The van der Waals surface area contributed by atoms with Crippen LogP contribution >= 0.6 is 0 Å². The van der Waals surface area contributed by atoms with Crippen LogP contribution in [0.2, 0.25) is 0 Å². The highest BCUT2D eigenvalue weighted by atomic mass is 19.1. The third-order valence-electron chi connectivity index (χ3n) is 6.43. The van der Waals surface area contributed by atoms with Gasteiger partial charge in [0.1, 0.15) is 11.6 Å². The van der Waals surface area contributed by atoms with Crippen molar-refractivity contribution in [3.8, 4) is 0 Å². The molecule has 0 bridgehead atoms. The quantitative estimate of drug-likeness (QED) is 0.853. The Bertz CT molecular complexity index is 554. The van der Waals surface area contributed by atoms with E-state index in [4.69, 9.17) is 4.74 Å². The molecular formula is C21H33F2N3O. The van der Waals surface area contributed by atoms with Gasteiger partial charge in [-0.1, -0.05) is 0 Å². The summed E-state index contributed by atoms with van der Waals surface area (Å²) >= 11 is 0. The number of hydrogen-bond acceptors (Lipinski definition) is 4. The Hall–Kier alpha value is -1.08. The Balaban J connectivity index is 0.000000221. The summed E-state index contributed by atoms with van der Waals surface area (Å²) < 4.78 is 29.6. The normalized spacial score (nSPS) is 28.7. The van der Waals surface area contributed by atoms with Crippen molar-refractivity contribution in [2.75, 3.05) is 53.5 Å². The number of piperidine rings is 1. The Morgan fingerprint density at radius 3 is 2.19 bits per heavy atom. The van der Waals surface area contributed by atoms with Crippen LogP contribution in [-0.2, 0) is 4.74 Å². The first kappa shape index (κ1) is 20.6. The van der Waals surface area contributed by atoms with Crippen LogP contribution in [0, 0.1) is 17.0 Å². The van der Waals surface area contributed by atoms with Gasteiger partial charge in [-0.15, -0.1) is 0 Å². The monoisotopic (exact) mass is 381 g/mol. The highest BCUT2D eigenvalue weighted by molar-refractivity contribution is 5.04. The molecule has 4 rings (SSSR count). The van der Waals surface area contributed by atoms with Crippen molar-refractivity contribution in [1.29, 1.82) is 0 Å². The molecule has 0 amide bonds. The van der Waals surface area contributed by atoms with Gasteiger partial charge in [-0.05, 0) is 89.1 Å². The molecule has 2 unspecified atom stereocenters. The molecular weight excluding hydrogens is 348 g/mol. The lowest BCUT2D eigenvalue weighted by Gasteiger charge is -2.40. The van der Waals surface area contributed by atoms with Gasteiger partial charge in [0.05, 0.1) is 13.2 Å². The third-order valence-corrected chi connectivity index (χ3v) is 6.43. The average molecular weight is 382 g/mol. The van der Waals surface area contributed by atoms with Crippen LogP contribution in [-0.4, -0.2) is 75.4 Å². The highest BCUT2D eigenvalue weighted by Gasteiger charge is 2.42. The van der Waals surface area contributed by atoms with E-state index in [1.165, 1.54) is 51.9 Å². The van der Waals surface area contributed by atoms with E-state index in [0.29, 0.717) is 17.5 Å². The van der Waals surface area contributed by atoms with Gasteiger partial charge < -0.3 is 15.0 Å². The fourth-order valence-corrected chi connectivity index (χ4v) is 4.48. The van der Waals surface area contributed by atoms with Crippen molar-refractivity contribution in [3.63, 3.8) is 0 Å². The molecule has 0 aliphatic carbocycles. The van der Waals surface area contributed by atoms with E-state index in [1.54, 1.807) is 0 Å². The largest absolute Gasteiger partial charge is 0.378 e. The second-order valence-electron chi connectivity index (χ2n) is 8.37. The summed E-state index contributed by atoms with van der Waals surface area (Å²) in [4.78, 5) is 5.20. The molecule has 3 saturated heterocycles. The number of ether oxygens (including phenoxy) is 1. The number of hydrogen-bond donors (Lipinski definition) is 1. The Morgan fingerprint density at radius 1 is 1.00 bits per heavy atom. The van der Waals surface area contributed by atoms with Crippen molar-refractivity contribution in [2.45, 2.75) is 37.8 Å². The molecule has 0 saturated carbocycles. The molecule has 3 aliphatic rings. The fourth-order valence-electron chi connectivity index (χ4n) is 4.48. The zero-order valence-electron chi connectivity index (χ0n) is 16.6. The maximum Gasteiger partial charge on any atom is 0.123 e. The fraction of sp³-hybridized carbons (Fsp3) is 0.714. The van der Waals surface area contributed by atoms with E-state index in [-0.39, 0.29) is 0 Å². The van der Waals surface area contributed by atoms with E-state index in [0.717, 1.165) is 37.5 Å². The predicted octanol–water partition coefficient (Wildman–Crippen LogP) is 2.75. The average Bonchev–Trinajstić information content (AvgIpc) is 3.11. The number of nitrogens with zero attached hydrogens (tertiary/aromatic N) is 2. The molecule has 152 valence electrons. The van der Waals surface area contributed by atoms with Crippen molar-refractivity contribution >= 4 is 0 Å². The molecule has 4 nitrogen and oxygen atoms in total. The second-order valence-corrected chi connectivity index (χ2v) is 8.37. The Labute approximate surface area is 161 Å². The molecule has 1 aromatic carbocycles. The van der Waals surface area contributed by atoms with E-state index in [2.05, 4.69) is 29.2 Å². The van der Waals surface area contributed by atoms with Crippen molar-refractivity contribution in [3.05, 3.63) is 35.9 Å². The highest BCUT2D eigenvalue weighted by Crippen LogP contribution is 2.41. The molecule has 0 aromatic heterocycles. The number of nitrogens with one attached hydrogen (secondary N) is 1. The van der Waals surface area contributed by atoms with Gasteiger partial charge in [0.2, 0.25) is 0 Å². The second kappa shape index (κ2) is 9.41. The number of likely N-dealkylation sites (tertiary alicyclic amines) is 2. The standard InChI is InChI=1S/C15H29N3O.C6H4F2/c1-16-13-9-14(11-19-10-13)18-8-5-15(12-18)3-6-17(2)7-4-15;7-5-1-2-6(8)4-3-5/h13-14,16H,3-12H2,1-2H3;1-4H. The van der Waals surface area contributed by atoms with E-state index in [9.17, 15) is 8.78 Å². The Kier molecular flexibility index (Phi) is 7.20. The van der Waals surface area contributed by atoms with Gasteiger partial charge >= 0.3 is 0 Å². The minimum Gasteiger partial charge on any atom is -0.378 e. The minimum absolute atomic E-state index is 0.411. The van der Waals surface area contributed by atoms with E-state index < -0.39 is 11.6 Å². The lowest BCUT2D eigenvalue weighted by Crippen LogP contribution is -2.49. The molecule has 2 atom stereocenters. The van der Waals surface area contributed by atoms with Gasteiger partial charge in [0, 0.05) is 18.6 Å². The maximum absolute atomic E-state index is 11.9. The summed E-state index contributed by atoms with van der Waals surface area (Å²) in [5.74, 6) is -0.821. The van der Waals surface area contributed by atoms with Gasteiger partial charge in [0.15, 0.2) is 0 Å². The molecule has 3 fully saturated rings. The summed E-state index contributed by atoms with van der Waals surface area (Å²) in [5, 5.41) is 3.38. The Morgan fingerprint density at radius 2 is 1.59 bits per heavy atom. The number of likely N-dealkylation sites (N-methyl/N-ethyl adjacent to an activating group) is 1.